The molecule has 2 heterocycles. The van der Waals surface area contributed by atoms with Crippen molar-refractivity contribution in [3.8, 4) is 0 Å². The second-order valence-electron chi connectivity index (χ2n) is 4.67. The van der Waals surface area contributed by atoms with Gasteiger partial charge in [-0.2, -0.15) is 0 Å². The fourth-order valence-corrected chi connectivity index (χ4v) is 5.75. The minimum Gasteiger partial charge on any atom is -0.327 e. The minimum atomic E-state index is -2.77. The quantitative estimate of drug-likeness (QED) is 0.916. The van der Waals surface area contributed by atoms with Crippen molar-refractivity contribution in [2.45, 2.75) is 25.3 Å². The summed E-state index contributed by atoms with van der Waals surface area (Å²) in [7, 11) is -2.77. The summed E-state index contributed by atoms with van der Waals surface area (Å²) in [6, 6.07) is 4.16. The van der Waals surface area contributed by atoms with E-state index in [1.54, 1.807) is 11.3 Å². The van der Waals surface area contributed by atoms with Gasteiger partial charge in [-0.05, 0) is 53.2 Å². The molecule has 0 amide bonds. The standard InChI is InChI=1S/C11H16BrNO2S2/c12-11-2-1-10(16-11)6-9(13)5-8-3-4-17(14,15)7-8/h1-2,8-9H,3-7,13H2. The first-order valence-corrected chi connectivity index (χ1v) is 9.08. The molecule has 0 aliphatic carbocycles. The van der Waals surface area contributed by atoms with Crippen molar-refractivity contribution in [1.82, 2.24) is 0 Å². The van der Waals surface area contributed by atoms with Crippen LogP contribution in [0.1, 0.15) is 17.7 Å². The predicted molar refractivity (Wildman–Crippen MR) is 75.1 cm³/mol. The molecular weight excluding hydrogens is 322 g/mol. The third kappa shape index (κ3) is 4.05. The molecule has 2 N–H and O–H groups in total. The van der Waals surface area contributed by atoms with Gasteiger partial charge in [0.2, 0.25) is 0 Å². The van der Waals surface area contributed by atoms with Gasteiger partial charge in [-0.15, -0.1) is 11.3 Å². The summed E-state index contributed by atoms with van der Waals surface area (Å²) in [5.41, 5.74) is 6.08. The summed E-state index contributed by atoms with van der Waals surface area (Å²) in [5, 5.41) is 0. The van der Waals surface area contributed by atoms with E-state index in [0.717, 1.165) is 23.0 Å². The third-order valence-corrected chi connectivity index (χ3v) is 6.54. The van der Waals surface area contributed by atoms with Crippen molar-refractivity contribution >= 4 is 37.1 Å². The zero-order chi connectivity index (χ0) is 12.5. The topological polar surface area (TPSA) is 60.2 Å². The average Bonchev–Trinajstić information content (AvgIpc) is 2.73. The number of sulfone groups is 1. The van der Waals surface area contributed by atoms with E-state index in [0.29, 0.717) is 11.5 Å². The molecule has 17 heavy (non-hydrogen) atoms. The van der Waals surface area contributed by atoms with Crippen molar-refractivity contribution in [1.29, 1.82) is 0 Å². The van der Waals surface area contributed by atoms with Crippen LogP contribution in [0.15, 0.2) is 15.9 Å². The van der Waals surface area contributed by atoms with E-state index < -0.39 is 9.84 Å². The van der Waals surface area contributed by atoms with Crippen LogP contribution in [0, 0.1) is 5.92 Å². The zero-order valence-electron chi connectivity index (χ0n) is 9.43. The van der Waals surface area contributed by atoms with E-state index in [2.05, 4.69) is 22.0 Å². The lowest BCUT2D eigenvalue weighted by molar-refractivity contribution is 0.470. The normalized spacial score (nSPS) is 24.9. The Hall–Kier alpha value is 0.0900. The Kier molecular flexibility index (Phi) is 4.28. The fraction of sp³-hybridized carbons (Fsp3) is 0.636. The number of hydrogen-bond donors (Lipinski definition) is 1. The molecule has 0 radical (unpaired) electrons. The van der Waals surface area contributed by atoms with Crippen LogP contribution < -0.4 is 5.73 Å². The molecule has 0 aromatic carbocycles. The van der Waals surface area contributed by atoms with Gasteiger partial charge >= 0.3 is 0 Å². The van der Waals surface area contributed by atoms with Crippen molar-refractivity contribution < 1.29 is 8.42 Å². The lowest BCUT2D eigenvalue weighted by Gasteiger charge is -2.14. The van der Waals surface area contributed by atoms with Gasteiger partial charge in [0.15, 0.2) is 9.84 Å². The lowest BCUT2D eigenvalue weighted by atomic mass is 9.97. The molecule has 2 atom stereocenters. The molecule has 0 saturated carbocycles. The molecule has 1 aliphatic rings. The van der Waals surface area contributed by atoms with Crippen LogP contribution >= 0.6 is 27.3 Å². The highest BCUT2D eigenvalue weighted by Crippen LogP contribution is 2.26. The van der Waals surface area contributed by atoms with Gasteiger partial charge in [0, 0.05) is 10.9 Å². The molecule has 1 aromatic rings. The van der Waals surface area contributed by atoms with Crippen molar-refractivity contribution in [2.24, 2.45) is 11.7 Å². The molecule has 1 aromatic heterocycles. The summed E-state index contributed by atoms with van der Waals surface area (Å²) in [6.45, 7) is 0. The molecule has 1 fully saturated rings. The van der Waals surface area contributed by atoms with Crippen LogP contribution in [-0.2, 0) is 16.3 Å². The third-order valence-electron chi connectivity index (χ3n) is 3.06. The number of thiophene rings is 1. The highest BCUT2D eigenvalue weighted by molar-refractivity contribution is 9.11. The molecule has 1 saturated heterocycles. The van der Waals surface area contributed by atoms with Crippen LogP contribution in [0.5, 0.6) is 0 Å². The highest BCUT2D eigenvalue weighted by atomic mass is 79.9. The molecule has 96 valence electrons. The maximum Gasteiger partial charge on any atom is 0.150 e. The van der Waals surface area contributed by atoms with Gasteiger partial charge in [-0.1, -0.05) is 0 Å². The molecule has 1 aliphatic heterocycles. The monoisotopic (exact) mass is 337 g/mol. The Morgan fingerprint density at radius 3 is 2.82 bits per heavy atom. The van der Waals surface area contributed by atoms with Crippen LogP contribution in [0.3, 0.4) is 0 Å². The summed E-state index contributed by atoms with van der Waals surface area (Å²) < 4.78 is 23.8. The van der Waals surface area contributed by atoms with Gasteiger partial charge in [0.25, 0.3) is 0 Å². The van der Waals surface area contributed by atoms with Gasteiger partial charge in [-0.25, -0.2) is 8.42 Å². The Morgan fingerprint density at radius 1 is 1.53 bits per heavy atom. The highest BCUT2D eigenvalue weighted by Gasteiger charge is 2.28. The van der Waals surface area contributed by atoms with E-state index in [4.69, 9.17) is 5.73 Å². The summed E-state index contributed by atoms with van der Waals surface area (Å²) in [4.78, 5) is 1.25. The Labute approximate surface area is 114 Å². The number of nitrogens with two attached hydrogens (primary N) is 1. The molecular formula is C11H16BrNO2S2. The fourth-order valence-electron chi connectivity index (χ4n) is 2.29. The summed E-state index contributed by atoms with van der Waals surface area (Å²) in [5.74, 6) is 0.933. The number of hydrogen-bond acceptors (Lipinski definition) is 4. The second-order valence-corrected chi connectivity index (χ2v) is 9.45. The Balaban J connectivity index is 1.84. The number of halogens is 1. The molecule has 6 heteroatoms. The van der Waals surface area contributed by atoms with Gasteiger partial charge in [-0.3, -0.25) is 0 Å². The summed E-state index contributed by atoms with van der Waals surface area (Å²) >= 11 is 5.12. The molecule has 0 bridgehead atoms. The van der Waals surface area contributed by atoms with Crippen molar-refractivity contribution in [3.63, 3.8) is 0 Å². The van der Waals surface area contributed by atoms with E-state index >= 15 is 0 Å². The van der Waals surface area contributed by atoms with Gasteiger partial charge < -0.3 is 5.73 Å². The first kappa shape index (κ1) is 13.5. The maximum absolute atomic E-state index is 11.3. The van der Waals surface area contributed by atoms with E-state index in [1.165, 1.54) is 4.88 Å². The largest absolute Gasteiger partial charge is 0.327 e. The molecule has 0 spiro atoms. The zero-order valence-corrected chi connectivity index (χ0v) is 12.7. The second kappa shape index (κ2) is 5.38. The molecule has 2 rings (SSSR count). The smallest absolute Gasteiger partial charge is 0.150 e. The van der Waals surface area contributed by atoms with Crippen molar-refractivity contribution in [3.05, 3.63) is 20.8 Å². The average molecular weight is 338 g/mol. The molecule has 3 nitrogen and oxygen atoms in total. The van der Waals surface area contributed by atoms with Crippen LogP contribution in [-0.4, -0.2) is 26.0 Å². The van der Waals surface area contributed by atoms with Gasteiger partial charge in [0.05, 0.1) is 15.3 Å². The predicted octanol–water partition coefficient (Wildman–Crippen LogP) is 2.21. The van der Waals surface area contributed by atoms with E-state index in [-0.39, 0.29) is 12.0 Å². The Bertz CT molecular complexity index is 483. The molecule has 2 unspecified atom stereocenters. The minimum absolute atomic E-state index is 0.0684. The van der Waals surface area contributed by atoms with Crippen LogP contribution in [0.2, 0.25) is 0 Å². The summed E-state index contributed by atoms with van der Waals surface area (Å²) in [6.07, 6.45) is 2.44. The van der Waals surface area contributed by atoms with E-state index in [9.17, 15) is 8.42 Å². The van der Waals surface area contributed by atoms with Crippen LogP contribution in [0.25, 0.3) is 0 Å². The van der Waals surface area contributed by atoms with Crippen molar-refractivity contribution in [2.75, 3.05) is 11.5 Å². The first-order chi connectivity index (χ1) is 7.94. The van der Waals surface area contributed by atoms with E-state index in [1.807, 2.05) is 6.07 Å². The lowest BCUT2D eigenvalue weighted by Crippen LogP contribution is -2.26. The maximum atomic E-state index is 11.3. The first-order valence-electron chi connectivity index (χ1n) is 5.65. The Morgan fingerprint density at radius 2 is 2.29 bits per heavy atom. The SMILES string of the molecule is NC(Cc1ccc(Br)s1)CC1CCS(=O)(=O)C1. The number of rotatable bonds is 4. The van der Waals surface area contributed by atoms with Crippen LogP contribution in [0.4, 0.5) is 0 Å². The van der Waals surface area contributed by atoms with Gasteiger partial charge in [0.1, 0.15) is 0 Å².